The Hall–Kier alpha value is -4.56. The first-order valence-corrected chi connectivity index (χ1v) is 12.0. The zero-order valence-corrected chi connectivity index (χ0v) is 21.7. The minimum atomic E-state index is -0.704. The molecule has 0 saturated heterocycles. The van der Waals surface area contributed by atoms with Gasteiger partial charge in [-0.25, -0.2) is 4.79 Å². The first kappa shape index (κ1) is 26.5. The van der Waals surface area contributed by atoms with E-state index in [4.69, 9.17) is 25.8 Å². The zero-order chi connectivity index (χ0) is 27.2. The molecule has 1 aliphatic heterocycles. The summed E-state index contributed by atoms with van der Waals surface area (Å²) in [5.74, 6) is -0.470. The predicted octanol–water partition coefficient (Wildman–Crippen LogP) is 5.24. The molecule has 8 nitrogen and oxygen atoms in total. The third-order valence-electron chi connectivity index (χ3n) is 5.81. The van der Waals surface area contributed by atoms with Crippen molar-refractivity contribution in [3.8, 4) is 11.5 Å². The number of rotatable bonds is 8. The highest BCUT2D eigenvalue weighted by atomic mass is 35.5. The van der Waals surface area contributed by atoms with E-state index in [2.05, 4.69) is 5.32 Å². The summed E-state index contributed by atoms with van der Waals surface area (Å²) in [5, 5.41) is 3.30. The van der Waals surface area contributed by atoms with E-state index in [0.29, 0.717) is 39.2 Å². The number of hydrogen-bond acceptors (Lipinski definition) is 7. The molecular formula is C29H25ClN2O6. The Morgan fingerprint density at radius 2 is 1.66 bits per heavy atom. The molecule has 194 valence electrons. The molecule has 0 atom stereocenters. The summed E-state index contributed by atoms with van der Waals surface area (Å²) in [6.07, 6.45) is 1.68. The molecule has 0 fully saturated rings. The number of allylic oxidation sites excluding steroid dienone is 2. The van der Waals surface area contributed by atoms with Crippen molar-refractivity contribution in [1.29, 1.82) is 0 Å². The Labute approximate surface area is 225 Å². The van der Waals surface area contributed by atoms with Crippen LogP contribution in [0.4, 0.5) is 11.4 Å². The van der Waals surface area contributed by atoms with E-state index in [-0.39, 0.29) is 23.8 Å². The maximum absolute atomic E-state index is 13.2. The summed E-state index contributed by atoms with van der Waals surface area (Å²) < 4.78 is 15.7. The second-order valence-electron chi connectivity index (χ2n) is 8.23. The number of methoxy groups -OCH3 is 2. The van der Waals surface area contributed by atoms with Gasteiger partial charge >= 0.3 is 5.97 Å². The van der Waals surface area contributed by atoms with Gasteiger partial charge in [0.15, 0.2) is 6.61 Å². The Morgan fingerprint density at radius 1 is 0.974 bits per heavy atom. The van der Waals surface area contributed by atoms with Crippen LogP contribution in [0.25, 0.3) is 6.08 Å². The lowest BCUT2D eigenvalue weighted by atomic mass is 10.1. The van der Waals surface area contributed by atoms with Gasteiger partial charge in [-0.3, -0.25) is 9.59 Å². The molecule has 38 heavy (non-hydrogen) atoms. The number of carbonyl (C=O) groups is 3. The molecule has 1 aliphatic rings. The van der Waals surface area contributed by atoms with Crippen molar-refractivity contribution in [2.24, 2.45) is 0 Å². The van der Waals surface area contributed by atoms with E-state index >= 15 is 0 Å². The maximum Gasteiger partial charge on any atom is 0.343 e. The van der Waals surface area contributed by atoms with Gasteiger partial charge in [-0.1, -0.05) is 35.9 Å². The van der Waals surface area contributed by atoms with Gasteiger partial charge < -0.3 is 24.4 Å². The van der Waals surface area contributed by atoms with E-state index in [9.17, 15) is 14.4 Å². The SMILES string of the molecule is COC(=O)C1=C(C)N(c2ccc(Cl)cc2)/C(=C\c2ccc(OCC(=O)Nc3ccccc3OC)cc2)C1=O. The van der Waals surface area contributed by atoms with Gasteiger partial charge in [0.2, 0.25) is 5.78 Å². The fraction of sp³-hybridized carbons (Fsp3) is 0.138. The monoisotopic (exact) mass is 532 g/mol. The number of para-hydroxylation sites is 2. The lowest BCUT2D eigenvalue weighted by Crippen LogP contribution is -2.20. The largest absolute Gasteiger partial charge is 0.495 e. The van der Waals surface area contributed by atoms with Gasteiger partial charge in [0.05, 0.1) is 25.6 Å². The summed E-state index contributed by atoms with van der Waals surface area (Å²) in [6, 6.07) is 20.9. The molecule has 4 rings (SSSR count). The van der Waals surface area contributed by atoms with Gasteiger partial charge in [0, 0.05) is 16.4 Å². The minimum Gasteiger partial charge on any atom is -0.495 e. The van der Waals surface area contributed by atoms with Crippen LogP contribution in [0.2, 0.25) is 5.02 Å². The normalized spacial score (nSPS) is 14.1. The summed E-state index contributed by atoms with van der Waals surface area (Å²) in [5.41, 5.74) is 2.62. The van der Waals surface area contributed by atoms with Crippen molar-refractivity contribution in [3.05, 3.63) is 100 Å². The molecule has 0 unspecified atom stereocenters. The molecule has 0 spiro atoms. The number of hydrogen-bond donors (Lipinski definition) is 1. The van der Waals surface area contributed by atoms with Crippen molar-refractivity contribution in [2.75, 3.05) is 31.0 Å². The molecule has 3 aromatic rings. The Balaban J connectivity index is 1.51. The van der Waals surface area contributed by atoms with Crippen LogP contribution in [-0.2, 0) is 19.1 Å². The number of Topliss-reactive ketones (excluding diaryl/α,β-unsaturated/α-hetero) is 1. The van der Waals surface area contributed by atoms with Crippen LogP contribution in [0.1, 0.15) is 12.5 Å². The average molecular weight is 533 g/mol. The molecule has 0 saturated carbocycles. The Morgan fingerprint density at radius 3 is 2.32 bits per heavy atom. The Bertz CT molecular complexity index is 1430. The van der Waals surface area contributed by atoms with Gasteiger partial charge in [0.25, 0.3) is 5.91 Å². The lowest BCUT2D eigenvalue weighted by molar-refractivity contribution is -0.137. The van der Waals surface area contributed by atoms with Gasteiger partial charge in [-0.05, 0) is 67.1 Å². The molecule has 1 amide bonds. The molecular weight excluding hydrogens is 508 g/mol. The van der Waals surface area contributed by atoms with E-state index < -0.39 is 11.8 Å². The van der Waals surface area contributed by atoms with Crippen molar-refractivity contribution in [3.63, 3.8) is 0 Å². The van der Waals surface area contributed by atoms with Crippen LogP contribution in [-0.4, -0.2) is 38.5 Å². The zero-order valence-electron chi connectivity index (χ0n) is 21.0. The standard InChI is InChI=1S/C29H25ClN2O6/c1-18-27(29(35)37-3)28(34)24(32(18)21-12-10-20(30)11-13-21)16-19-8-14-22(15-9-19)38-17-26(33)31-23-6-4-5-7-25(23)36-2/h4-16H,17H2,1-3H3,(H,31,33)/b24-16-. The first-order valence-electron chi connectivity index (χ1n) is 11.6. The fourth-order valence-electron chi connectivity index (χ4n) is 3.98. The minimum absolute atomic E-state index is 0.0327. The lowest BCUT2D eigenvalue weighted by Gasteiger charge is -2.21. The summed E-state index contributed by atoms with van der Waals surface area (Å²) in [6.45, 7) is 1.49. The van der Waals surface area contributed by atoms with Crippen molar-refractivity contribution in [1.82, 2.24) is 0 Å². The number of benzene rings is 3. The first-order chi connectivity index (χ1) is 18.3. The molecule has 0 radical (unpaired) electrons. The molecule has 3 aromatic carbocycles. The highest BCUT2D eigenvalue weighted by molar-refractivity contribution is 6.31. The predicted molar refractivity (Wildman–Crippen MR) is 145 cm³/mol. The topological polar surface area (TPSA) is 94.2 Å². The van der Waals surface area contributed by atoms with Crippen LogP contribution in [0.5, 0.6) is 11.5 Å². The average Bonchev–Trinajstić information content (AvgIpc) is 3.17. The number of amides is 1. The molecule has 0 aromatic heterocycles. The quantitative estimate of drug-likeness (QED) is 0.241. The van der Waals surface area contributed by atoms with Gasteiger partial charge in [-0.2, -0.15) is 0 Å². The molecule has 1 N–H and O–H groups in total. The number of nitrogens with zero attached hydrogens (tertiary/aromatic N) is 1. The van der Waals surface area contributed by atoms with Crippen molar-refractivity contribution >= 4 is 46.7 Å². The number of esters is 1. The van der Waals surface area contributed by atoms with Gasteiger partial charge in [0.1, 0.15) is 17.1 Å². The second-order valence-corrected chi connectivity index (χ2v) is 8.67. The highest BCUT2D eigenvalue weighted by Gasteiger charge is 2.38. The van der Waals surface area contributed by atoms with Crippen LogP contribution in [0, 0.1) is 0 Å². The van der Waals surface area contributed by atoms with E-state index in [1.54, 1.807) is 84.6 Å². The highest BCUT2D eigenvalue weighted by Crippen LogP contribution is 2.36. The molecule has 9 heteroatoms. The summed E-state index contributed by atoms with van der Waals surface area (Å²) >= 11 is 6.04. The van der Waals surface area contributed by atoms with Gasteiger partial charge in [-0.15, -0.1) is 0 Å². The Kier molecular flexibility index (Phi) is 8.13. The van der Waals surface area contributed by atoms with Crippen molar-refractivity contribution in [2.45, 2.75) is 6.92 Å². The fourth-order valence-corrected chi connectivity index (χ4v) is 4.11. The van der Waals surface area contributed by atoms with Crippen LogP contribution < -0.4 is 19.7 Å². The summed E-state index contributed by atoms with van der Waals surface area (Å²) in [7, 11) is 2.76. The van der Waals surface area contributed by atoms with Crippen LogP contribution >= 0.6 is 11.6 Å². The number of carbonyl (C=O) groups excluding carboxylic acids is 3. The van der Waals surface area contributed by atoms with Crippen LogP contribution in [0.15, 0.2) is 89.8 Å². The number of ether oxygens (including phenoxy) is 3. The van der Waals surface area contributed by atoms with E-state index in [1.807, 2.05) is 6.07 Å². The van der Waals surface area contributed by atoms with Crippen LogP contribution in [0.3, 0.4) is 0 Å². The number of anilines is 2. The third-order valence-corrected chi connectivity index (χ3v) is 6.06. The molecule has 1 heterocycles. The maximum atomic E-state index is 13.2. The summed E-state index contributed by atoms with van der Waals surface area (Å²) in [4.78, 5) is 39.6. The molecule has 0 aliphatic carbocycles. The van der Waals surface area contributed by atoms with E-state index in [0.717, 1.165) is 0 Å². The number of nitrogens with one attached hydrogen (secondary N) is 1. The molecule has 0 bridgehead atoms. The van der Waals surface area contributed by atoms with Crippen molar-refractivity contribution < 1.29 is 28.6 Å². The van der Waals surface area contributed by atoms with E-state index in [1.165, 1.54) is 14.2 Å². The second kappa shape index (κ2) is 11.7. The third kappa shape index (κ3) is 5.71. The number of ketones is 1. The smallest absolute Gasteiger partial charge is 0.343 e. The number of halogens is 1.